The molecule has 0 saturated heterocycles. The maximum Gasteiger partial charge on any atom is 0.130 e. The smallest absolute Gasteiger partial charge is 0.130 e. The minimum atomic E-state index is -2.48. The van der Waals surface area contributed by atoms with Crippen molar-refractivity contribution in [2.45, 2.75) is 25.6 Å². The van der Waals surface area contributed by atoms with E-state index in [1.165, 1.54) is 20.7 Å². The van der Waals surface area contributed by atoms with Crippen LogP contribution in [0.25, 0.3) is 0 Å². The quantitative estimate of drug-likeness (QED) is 0.117. The molecule has 0 fully saturated rings. The van der Waals surface area contributed by atoms with Gasteiger partial charge in [-0.25, -0.2) is 0 Å². The third-order valence-corrected chi connectivity index (χ3v) is 20.8. The summed E-state index contributed by atoms with van der Waals surface area (Å²) in [5.41, 5.74) is 1.62. The number of rotatable bonds is 13. The predicted molar refractivity (Wildman–Crippen MR) is 169 cm³/mol. The van der Waals surface area contributed by atoms with Gasteiger partial charge in [-0.15, -0.1) is 18.2 Å². The van der Waals surface area contributed by atoms with E-state index >= 15 is 0 Å². The van der Waals surface area contributed by atoms with Gasteiger partial charge in [-0.2, -0.15) is 0 Å². The van der Waals surface area contributed by atoms with Crippen LogP contribution in [-0.4, -0.2) is 34.9 Å². The zero-order valence-corrected chi connectivity index (χ0v) is 25.2. The fraction of sp³-hybridized carbons (Fsp3) is 0.212. The van der Waals surface area contributed by atoms with E-state index in [9.17, 15) is 0 Å². The first-order valence-corrected chi connectivity index (χ1v) is 18.7. The van der Waals surface area contributed by atoms with Gasteiger partial charge in [0.25, 0.3) is 0 Å². The molecule has 4 aromatic rings. The number of hydrogen-bond acceptors (Lipinski definition) is 2. The van der Waals surface area contributed by atoms with Gasteiger partial charge in [0, 0.05) is 5.50 Å². The van der Waals surface area contributed by atoms with Gasteiger partial charge >= 0.3 is 0 Å². The first-order chi connectivity index (χ1) is 18.6. The Bertz CT molecular complexity index is 1190. The molecule has 5 heteroatoms. The summed E-state index contributed by atoms with van der Waals surface area (Å²) in [4.78, 5) is 0. The highest BCUT2D eigenvalue weighted by Gasteiger charge is 2.48. The van der Waals surface area contributed by atoms with Gasteiger partial charge in [0.15, 0.2) is 0 Å². The van der Waals surface area contributed by atoms with Crippen LogP contribution in [0.1, 0.15) is 13.8 Å². The molecule has 0 spiro atoms. The number of alkyl halides is 1. The van der Waals surface area contributed by atoms with Crippen molar-refractivity contribution in [3.8, 4) is 11.5 Å². The predicted octanol–water partition coefficient (Wildman–Crippen LogP) is 5.81. The zero-order valence-electron chi connectivity index (χ0n) is 22.4. The maximum absolute atomic E-state index is 7.17. The molecule has 0 atom stereocenters. The molecule has 0 radical (unpaired) electrons. The van der Waals surface area contributed by atoms with E-state index < -0.39 is 16.1 Å². The molecule has 0 aromatic heterocycles. The van der Waals surface area contributed by atoms with Crippen molar-refractivity contribution in [2.24, 2.45) is 0 Å². The second kappa shape index (κ2) is 13.1. The van der Waals surface area contributed by atoms with Gasteiger partial charge in [0.2, 0.25) is 0 Å². The summed E-state index contributed by atoms with van der Waals surface area (Å²) in [5.74, 6) is 1.78. The van der Waals surface area contributed by atoms with Crippen LogP contribution in [0.2, 0.25) is 11.7 Å². The van der Waals surface area contributed by atoms with E-state index in [1.807, 2.05) is 13.8 Å². The SMILES string of the molecule is C=CC[Si](C[Si](CCl)(c1ccc(OCC)cc1)c1ccc(OCC)cc1)(c1ccccc1)c1ccccc1. The van der Waals surface area contributed by atoms with Gasteiger partial charge in [0.1, 0.15) is 27.6 Å². The summed E-state index contributed by atoms with van der Waals surface area (Å²) in [6.07, 6.45) is 2.12. The first-order valence-electron chi connectivity index (χ1n) is 13.4. The Hall–Kier alpha value is -3.06. The average molecular weight is 557 g/mol. The Morgan fingerprint density at radius 1 is 0.605 bits per heavy atom. The highest BCUT2D eigenvalue weighted by atomic mass is 35.5. The standard InChI is InChI=1S/C33H37ClO2Si2/c1-4-25-37(30-13-9-7-10-14-30,31-15-11-8-12-16-31)27-38(26-34,32-21-17-28(18-22-32)35-5-2)33-23-19-29(20-24-33)36-6-3/h4,7-24H,1,5-6,25-27H2,2-3H3. The third-order valence-electron chi connectivity index (χ3n) is 7.41. The van der Waals surface area contributed by atoms with Crippen LogP contribution >= 0.6 is 11.6 Å². The number of halogens is 1. The summed E-state index contributed by atoms with van der Waals surface area (Å²) in [5, 5.41) is 5.50. The molecule has 0 heterocycles. The van der Waals surface area contributed by atoms with Crippen molar-refractivity contribution >= 4 is 48.5 Å². The lowest BCUT2D eigenvalue weighted by Gasteiger charge is -2.41. The summed E-state index contributed by atoms with van der Waals surface area (Å²) in [7, 11) is -4.81. The molecule has 0 aliphatic heterocycles. The number of ether oxygens (including phenoxy) is 2. The van der Waals surface area contributed by atoms with Crippen LogP contribution < -0.4 is 30.2 Å². The summed E-state index contributed by atoms with van der Waals surface area (Å²) >= 11 is 7.17. The van der Waals surface area contributed by atoms with Gasteiger partial charge < -0.3 is 9.47 Å². The van der Waals surface area contributed by atoms with Crippen molar-refractivity contribution in [2.75, 3.05) is 18.7 Å². The Morgan fingerprint density at radius 3 is 1.34 bits per heavy atom. The lowest BCUT2D eigenvalue weighted by Crippen LogP contribution is -2.70. The van der Waals surface area contributed by atoms with Crippen LogP contribution in [0.3, 0.4) is 0 Å². The van der Waals surface area contributed by atoms with Crippen LogP contribution in [0.4, 0.5) is 0 Å². The monoisotopic (exact) mass is 556 g/mol. The molecule has 0 unspecified atom stereocenters. The van der Waals surface area contributed by atoms with Gasteiger partial charge in [-0.05, 0) is 49.8 Å². The number of allylic oxidation sites excluding steroid dienone is 1. The molecule has 0 aliphatic rings. The molecular formula is C33H37ClO2Si2. The second-order valence-corrected chi connectivity index (χ2v) is 19.1. The van der Waals surface area contributed by atoms with E-state index in [-0.39, 0.29) is 0 Å². The molecule has 0 amide bonds. The van der Waals surface area contributed by atoms with Crippen LogP contribution in [-0.2, 0) is 0 Å². The van der Waals surface area contributed by atoms with Gasteiger partial charge in [-0.1, -0.05) is 112 Å². The van der Waals surface area contributed by atoms with Crippen molar-refractivity contribution in [1.82, 2.24) is 0 Å². The Morgan fingerprint density at radius 2 is 1.00 bits per heavy atom. The molecule has 196 valence electrons. The molecule has 0 saturated carbocycles. The van der Waals surface area contributed by atoms with E-state index in [1.54, 1.807) is 0 Å². The Balaban J connectivity index is 1.96. The van der Waals surface area contributed by atoms with E-state index in [2.05, 4.69) is 122 Å². The molecule has 0 N–H and O–H groups in total. The minimum absolute atomic E-state index is 0.584. The molecule has 0 aliphatic carbocycles. The van der Waals surface area contributed by atoms with E-state index in [0.29, 0.717) is 18.7 Å². The average Bonchev–Trinajstić information content (AvgIpc) is 2.98. The minimum Gasteiger partial charge on any atom is -0.494 e. The zero-order chi connectivity index (χ0) is 26.8. The summed E-state index contributed by atoms with van der Waals surface area (Å²) in [6.45, 7) is 9.57. The van der Waals surface area contributed by atoms with Gasteiger partial charge in [-0.3, -0.25) is 0 Å². The molecule has 2 nitrogen and oxygen atoms in total. The number of hydrogen-bond donors (Lipinski definition) is 0. The molecule has 4 aromatic carbocycles. The van der Waals surface area contributed by atoms with Crippen molar-refractivity contribution in [1.29, 1.82) is 0 Å². The Labute approximate surface area is 234 Å². The topological polar surface area (TPSA) is 18.5 Å². The van der Waals surface area contributed by atoms with E-state index in [0.717, 1.165) is 23.2 Å². The fourth-order valence-corrected chi connectivity index (χ4v) is 20.9. The summed E-state index contributed by atoms with van der Waals surface area (Å²) in [6, 6.07) is 40.5. The fourth-order valence-electron chi connectivity index (χ4n) is 5.60. The largest absolute Gasteiger partial charge is 0.494 e. The molecular weight excluding hydrogens is 520 g/mol. The summed E-state index contributed by atoms with van der Waals surface area (Å²) < 4.78 is 11.6. The van der Waals surface area contributed by atoms with E-state index in [4.69, 9.17) is 21.1 Å². The third kappa shape index (κ3) is 5.83. The van der Waals surface area contributed by atoms with Crippen LogP contribution in [0, 0.1) is 0 Å². The highest BCUT2D eigenvalue weighted by Crippen LogP contribution is 2.27. The lowest BCUT2D eigenvalue weighted by atomic mass is 10.3. The van der Waals surface area contributed by atoms with Crippen LogP contribution in [0.15, 0.2) is 122 Å². The second-order valence-electron chi connectivity index (χ2n) is 9.61. The highest BCUT2D eigenvalue weighted by molar-refractivity contribution is 7.19. The maximum atomic E-state index is 7.17. The van der Waals surface area contributed by atoms with Crippen molar-refractivity contribution in [3.05, 3.63) is 122 Å². The van der Waals surface area contributed by atoms with Crippen molar-refractivity contribution < 1.29 is 9.47 Å². The number of benzene rings is 4. The van der Waals surface area contributed by atoms with Crippen LogP contribution in [0.5, 0.6) is 11.5 Å². The van der Waals surface area contributed by atoms with Gasteiger partial charge in [0.05, 0.1) is 13.2 Å². The Kier molecular flexibility index (Phi) is 9.67. The molecule has 4 rings (SSSR count). The van der Waals surface area contributed by atoms with Crippen molar-refractivity contribution in [3.63, 3.8) is 0 Å². The first kappa shape index (κ1) is 28.0. The molecule has 38 heavy (non-hydrogen) atoms. The molecule has 0 bridgehead atoms. The lowest BCUT2D eigenvalue weighted by molar-refractivity contribution is 0.340. The normalized spacial score (nSPS) is 11.7.